The zero-order chi connectivity index (χ0) is 16.8. The van der Waals surface area contributed by atoms with Gasteiger partial charge in [-0.1, -0.05) is 20.8 Å². The van der Waals surface area contributed by atoms with Crippen molar-refractivity contribution in [2.45, 2.75) is 78.4 Å². The van der Waals surface area contributed by atoms with Crippen molar-refractivity contribution in [3.8, 4) is 0 Å². The molecule has 0 aromatic rings. The summed E-state index contributed by atoms with van der Waals surface area (Å²) >= 11 is 0. The first-order chi connectivity index (χ1) is 10.6. The second-order valence-electron chi connectivity index (χ2n) is 10.6. The van der Waals surface area contributed by atoms with Crippen LogP contribution in [-0.2, 0) is 0 Å². The summed E-state index contributed by atoms with van der Waals surface area (Å²) in [6.45, 7) is 22.1. The van der Waals surface area contributed by atoms with E-state index >= 15 is 0 Å². The van der Waals surface area contributed by atoms with Crippen molar-refractivity contribution in [3.63, 3.8) is 0 Å². The summed E-state index contributed by atoms with van der Waals surface area (Å²) < 4.78 is 0. The number of nitrogens with zero attached hydrogens (tertiary/aromatic N) is 3. The van der Waals surface area contributed by atoms with E-state index in [1.165, 1.54) is 58.5 Å². The maximum atomic E-state index is 2.83. The maximum Gasteiger partial charge on any atom is 0.0239 e. The minimum absolute atomic E-state index is 0.352. The Morgan fingerprint density at radius 1 is 0.826 bits per heavy atom. The number of fused-ring (bicyclic) bond motifs is 2. The Labute approximate surface area is 144 Å². The van der Waals surface area contributed by atoms with Crippen LogP contribution in [0.25, 0.3) is 0 Å². The molecule has 3 fully saturated rings. The highest BCUT2D eigenvalue weighted by molar-refractivity contribution is 5.01. The quantitative estimate of drug-likeness (QED) is 0.790. The van der Waals surface area contributed by atoms with Crippen LogP contribution < -0.4 is 0 Å². The van der Waals surface area contributed by atoms with Gasteiger partial charge in [0.1, 0.15) is 0 Å². The van der Waals surface area contributed by atoms with E-state index in [-0.39, 0.29) is 0 Å². The monoisotopic (exact) mass is 321 g/mol. The van der Waals surface area contributed by atoms with Crippen LogP contribution in [0.2, 0.25) is 0 Å². The van der Waals surface area contributed by atoms with Crippen molar-refractivity contribution in [1.82, 2.24) is 14.7 Å². The highest BCUT2D eigenvalue weighted by Crippen LogP contribution is 2.34. The van der Waals surface area contributed by atoms with Crippen LogP contribution in [0.1, 0.15) is 60.8 Å². The molecule has 0 radical (unpaired) electrons. The molecule has 0 saturated carbocycles. The van der Waals surface area contributed by atoms with Crippen molar-refractivity contribution < 1.29 is 0 Å². The Hall–Kier alpha value is -0.120. The molecule has 0 spiro atoms. The van der Waals surface area contributed by atoms with E-state index in [0.29, 0.717) is 11.0 Å². The van der Waals surface area contributed by atoms with Crippen LogP contribution in [0.5, 0.6) is 0 Å². The standard InChI is InChI=1S/C20H39N3/c1-19(2,3)15-22-14-17-11-18(22)13-21(17)12-16-7-9-23(10-8-16)20(4,5)6/h16-18H,7-15H2,1-6H3/t17-,18-/m1/s1. The SMILES string of the molecule is CC(C)(C)CN1C[C@H]2C[C@@H]1CN2CC1CCN(C(C)(C)C)CC1. The molecule has 3 nitrogen and oxygen atoms in total. The summed E-state index contributed by atoms with van der Waals surface area (Å²) in [5.74, 6) is 0.934. The lowest BCUT2D eigenvalue weighted by Crippen LogP contribution is -2.51. The minimum Gasteiger partial charge on any atom is -0.298 e. The first kappa shape index (κ1) is 17.7. The van der Waals surface area contributed by atoms with E-state index in [4.69, 9.17) is 0 Å². The van der Waals surface area contributed by atoms with E-state index in [2.05, 4.69) is 56.2 Å². The van der Waals surface area contributed by atoms with Gasteiger partial charge in [0.25, 0.3) is 0 Å². The Morgan fingerprint density at radius 2 is 1.39 bits per heavy atom. The van der Waals surface area contributed by atoms with Gasteiger partial charge in [-0.15, -0.1) is 0 Å². The third-order valence-corrected chi connectivity index (χ3v) is 6.20. The topological polar surface area (TPSA) is 9.72 Å². The van der Waals surface area contributed by atoms with E-state index in [1.807, 2.05) is 0 Å². The Kier molecular flexibility index (Phi) is 4.85. The molecule has 0 unspecified atom stereocenters. The van der Waals surface area contributed by atoms with E-state index in [9.17, 15) is 0 Å². The molecule has 3 aliphatic rings. The second kappa shape index (κ2) is 6.31. The van der Waals surface area contributed by atoms with Gasteiger partial charge >= 0.3 is 0 Å². The lowest BCUT2D eigenvalue weighted by Gasteiger charge is -2.43. The first-order valence-corrected chi connectivity index (χ1v) is 9.85. The summed E-state index contributed by atoms with van der Waals surface area (Å²) in [6, 6.07) is 1.69. The van der Waals surface area contributed by atoms with Crippen molar-refractivity contribution in [3.05, 3.63) is 0 Å². The first-order valence-electron chi connectivity index (χ1n) is 9.85. The molecule has 0 aliphatic carbocycles. The zero-order valence-corrected chi connectivity index (χ0v) is 16.4. The van der Waals surface area contributed by atoms with Gasteiger partial charge in [0.2, 0.25) is 0 Å². The number of piperazine rings is 1. The molecule has 3 heterocycles. The fourth-order valence-electron chi connectivity index (χ4n) is 4.98. The molecule has 3 saturated heterocycles. The number of piperidine rings is 1. The summed E-state index contributed by atoms with van der Waals surface area (Å²) in [5.41, 5.74) is 0.792. The van der Waals surface area contributed by atoms with Gasteiger partial charge in [-0.2, -0.15) is 0 Å². The highest BCUT2D eigenvalue weighted by atomic mass is 15.4. The summed E-state index contributed by atoms with van der Waals surface area (Å²) in [5, 5.41) is 0. The number of hydrogen-bond acceptors (Lipinski definition) is 3. The van der Waals surface area contributed by atoms with Crippen molar-refractivity contribution >= 4 is 0 Å². The Bertz CT molecular complexity index is 398. The predicted octanol–water partition coefficient (Wildman–Crippen LogP) is 3.30. The van der Waals surface area contributed by atoms with E-state index in [1.54, 1.807) is 0 Å². The smallest absolute Gasteiger partial charge is 0.0239 e. The van der Waals surface area contributed by atoms with Crippen LogP contribution in [0.3, 0.4) is 0 Å². The van der Waals surface area contributed by atoms with Gasteiger partial charge in [-0.3, -0.25) is 14.7 Å². The van der Waals surface area contributed by atoms with Crippen LogP contribution in [0.4, 0.5) is 0 Å². The molecule has 2 atom stereocenters. The van der Waals surface area contributed by atoms with E-state index in [0.717, 1.165) is 18.0 Å². The van der Waals surface area contributed by atoms with Crippen molar-refractivity contribution in [2.24, 2.45) is 11.3 Å². The van der Waals surface area contributed by atoms with Gasteiger partial charge < -0.3 is 0 Å². The minimum atomic E-state index is 0.352. The molecule has 2 bridgehead atoms. The fourth-order valence-corrected chi connectivity index (χ4v) is 4.98. The van der Waals surface area contributed by atoms with E-state index < -0.39 is 0 Å². The van der Waals surface area contributed by atoms with Crippen molar-refractivity contribution in [2.75, 3.05) is 39.3 Å². The average molecular weight is 322 g/mol. The molecule has 3 aliphatic heterocycles. The molecule has 3 rings (SSSR count). The van der Waals surface area contributed by atoms with Gasteiger partial charge in [0.15, 0.2) is 0 Å². The molecule has 134 valence electrons. The van der Waals surface area contributed by atoms with Gasteiger partial charge in [-0.25, -0.2) is 0 Å². The lowest BCUT2D eigenvalue weighted by molar-refractivity contribution is 0.0538. The number of hydrogen-bond donors (Lipinski definition) is 0. The molecular weight excluding hydrogens is 282 g/mol. The second-order valence-corrected chi connectivity index (χ2v) is 10.6. The molecule has 3 heteroatoms. The highest BCUT2D eigenvalue weighted by Gasteiger charge is 2.44. The van der Waals surface area contributed by atoms with Gasteiger partial charge in [-0.05, 0) is 64.5 Å². The van der Waals surface area contributed by atoms with Crippen molar-refractivity contribution in [1.29, 1.82) is 0 Å². The number of rotatable bonds is 3. The largest absolute Gasteiger partial charge is 0.298 e. The number of likely N-dealkylation sites (tertiary alicyclic amines) is 3. The maximum absolute atomic E-state index is 2.83. The van der Waals surface area contributed by atoms with Gasteiger partial charge in [0.05, 0.1) is 0 Å². The van der Waals surface area contributed by atoms with Crippen LogP contribution in [0.15, 0.2) is 0 Å². The molecule has 0 aromatic carbocycles. The third kappa shape index (κ3) is 4.29. The summed E-state index contributed by atoms with van der Waals surface area (Å²) in [6.07, 6.45) is 4.23. The van der Waals surface area contributed by atoms with Gasteiger partial charge in [0, 0.05) is 43.8 Å². The molecule has 0 N–H and O–H groups in total. The predicted molar refractivity (Wildman–Crippen MR) is 98.8 cm³/mol. The Morgan fingerprint density at radius 3 is 1.87 bits per heavy atom. The lowest BCUT2D eigenvalue weighted by atomic mass is 9.92. The van der Waals surface area contributed by atoms with Crippen LogP contribution in [-0.4, -0.2) is 71.6 Å². The zero-order valence-electron chi connectivity index (χ0n) is 16.4. The third-order valence-electron chi connectivity index (χ3n) is 6.20. The molecular formula is C20H39N3. The summed E-state index contributed by atoms with van der Waals surface area (Å²) in [4.78, 5) is 8.27. The molecule has 23 heavy (non-hydrogen) atoms. The fraction of sp³-hybridized carbons (Fsp3) is 1.00. The average Bonchev–Trinajstić information content (AvgIpc) is 2.96. The normalized spacial score (nSPS) is 32.1. The molecule has 0 amide bonds. The van der Waals surface area contributed by atoms with Crippen LogP contribution >= 0.6 is 0 Å². The molecule has 0 aromatic heterocycles. The van der Waals surface area contributed by atoms with Crippen LogP contribution in [0, 0.1) is 11.3 Å². The Balaban J connectivity index is 1.44. The summed E-state index contributed by atoms with van der Waals surface area (Å²) in [7, 11) is 0.